The van der Waals surface area contributed by atoms with Crippen LogP contribution in [-0.2, 0) is 4.74 Å². The lowest BCUT2D eigenvalue weighted by molar-refractivity contribution is 0.0947. The van der Waals surface area contributed by atoms with Crippen molar-refractivity contribution in [3.63, 3.8) is 0 Å². The van der Waals surface area contributed by atoms with Gasteiger partial charge in [0.2, 0.25) is 0 Å². The molecule has 1 aromatic carbocycles. The van der Waals surface area contributed by atoms with E-state index in [2.05, 4.69) is 15.7 Å². The molecule has 0 radical (unpaired) electrons. The van der Waals surface area contributed by atoms with Crippen LogP contribution in [0.25, 0.3) is 5.69 Å². The van der Waals surface area contributed by atoms with Gasteiger partial charge in [-0.25, -0.2) is 0 Å². The Kier molecular flexibility index (Phi) is 8.70. The normalized spacial score (nSPS) is 10.0. The number of nitrogens with zero attached hydrogens (tertiary/aromatic N) is 2. The van der Waals surface area contributed by atoms with Crippen LogP contribution < -0.4 is 16.2 Å². The average molecular weight is 353 g/mol. The number of methoxy groups -OCH3 is 1. The number of hydrogen-bond donors (Lipinski definition) is 2. The number of carbonyl (C=O) groups excluding carboxylic acids is 1. The number of carbonyl (C=O) groups is 1. The second-order valence-electron chi connectivity index (χ2n) is 4.80. The zero-order valence-corrected chi connectivity index (χ0v) is 14.2. The van der Waals surface area contributed by atoms with Crippen molar-refractivity contribution in [3.8, 4) is 5.69 Å². The maximum absolute atomic E-state index is 12.1. The first-order valence-corrected chi connectivity index (χ1v) is 7.36. The molecule has 8 heteroatoms. The standard InChI is InChI=1S/C16H20N4O3.ClH/c1-23-12-11-17-9-10-18-16(22)14-7-8-15(21)20(19-14)13-5-3-2-4-6-13;/h2-8,17H,9-12H2,1H3,(H,18,22);1H. The van der Waals surface area contributed by atoms with Crippen molar-refractivity contribution in [3.05, 3.63) is 58.5 Å². The molecular weight excluding hydrogens is 332 g/mol. The topological polar surface area (TPSA) is 85.3 Å². The second kappa shape index (κ2) is 10.5. The Morgan fingerprint density at radius 1 is 1.12 bits per heavy atom. The molecule has 24 heavy (non-hydrogen) atoms. The molecule has 0 saturated carbocycles. The van der Waals surface area contributed by atoms with Crippen molar-refractivity contribution >= 4 is 18.3 Å². The Hall–Kier alpha value is -2.22. The summed E-state index contributed by atoms with van der Waals surface area (Å²) in [5.74, 6) is -0.316. The maximum Gasteiger partial charge on any atom is 0.271 e. The Balaban J connectivity index is 0.00000288. The summed E-state index contributed by atoms with van der Waals surface area (Å²) in [7, 11) is 1.64. The van der Waals surface area contributed by atoms with E-state index in [0.29, 0.717) is 25.4 Å². The zero-order valence-electron chi connectivity index (χ0n) is 13.4. The van der Waals surface area contributed by atoms with E-state index in [9.17, 15) is 9.59 Å². The van der Waals surface area contributed by atoms with Gasteiger partial charge in [-0.3, -0.25) is 9.59 Å². The third-order valence-corrected chi connectivity index (χ3v) is 3.10. The highest BCUT2D eigenvalue weighted by molar-refractivity contribution is 5.92. The van der Waals surface area contributed by atoms with E-state index in [1.54, 1.807) is 19.2 Å². The quantitative estimate of drug-likeness (QED) is 0.680. The van der Waals surface area contributed by atoms with Crippen LogP contribution in [0, 0.1) is 0 Å². The van der Waals surface area contributed by atoms with Gasteiger partial charge in [0.1, 0.15) is 5.69 Å². The SMILES string of the molecule is COCCNCCNC(=O)c1ccc(=O)n(-c2ccccc2)n1.Cl. The third kappa shape index (κ3) is 5.77. The summed E-state index contributed by atoms with van der Waals surface area (Å²) in [6.45, 7) is 2.45. The minimum absolute atomic E-state index is 0. The number of rotatable bonds is 8. The Labute approximate surface area is 146 Å². The first-order chi connectivity index (χ1) is 11.2. The number of para-hydroxylation sites is 1. The van der Waals surface area contributed by atoms with Gasteiger partial charge in [-0.05, 0) is 18.2 Å². The number of amides is 1. The summed E-state index contributed by atoms with van der Waals surface area (Å²) in [6.07, 6.45) is 0. The third-order valence-electron chi connectivity index (χ3n) is 3.10. The highest BCUT2D eigenvalue weighted by atomic mass is 35.5. The molecule has 0 fully saturated rings. The minimum Gasteiger partial charge on any atom is -0.383 e. The molecule has 2 N–H and O–H groups in total. The van der Waals surface area contributed by atoms with E-state index in [1.807, 2.05) is 18.2 Å². The molecule has 7 nitrogen and oxygen atoms in total. The first kappa shape index (κ1) is 19.8. The molecule has 1 aromatic heterocycles. The van der Waals surface area contributed by atoms with Crippen LogP contribution in [0.3, 0.4) is 0 Å². The van der Waals surface area contributed by atoms with Crippen LogP contribution >= 0.6 is 12.4 Å². The molecule has 2 aromatic rings. The molecular formula is C16H21ClN4O3. The van der Waals surface area contributed by atoms with E-state index in [-0.39, 0.29) is 29.6 Å². The minimum atomic E-state index is -0.316. The smallest absolute Gasteiger partial charge is 0.271 e. The maximum atomic E-state index is 12.1. The van der Waals surface area contributed by atoms with Gasteiger partial charge in [0.15, 0.2) is 0 Å². The molecule has 0 atom stereocenters. The molecule has 2 rings (SSSR count). The predicted molar refractivity (Wildman–Crippen MR) is 94.2 cm³/mol. The molecule has 1 heterocycles. The number of aromatic nitrogens is 2. The fourth-order valence-electron chi connectivity index (χ4n) is 1.94. The monoisotopic (exact) mass is 352 g/mol. The molecule has 130 valence electrons. The number of halogens is 1. The Morgan fingerprint density at radius 2 is 1.88 bits per heavy atom. The van der Waals surface area contributed by atoms with Crippen LogP contribution in [0.1, 0.15) is 10.5 Å². The molecule has 0 bridgehead atoms. The van der Waals surface area contributed by atoms with Crippen LogP contribution in [0.2, 0.25) is 0 Å². The largest absolute Gasteiger partial charge is 0.383 e. The summed E-state index contributed by atoms with van der Waals surface area (Å²) in [5, 5.41) is 10.0. The summed E-state index contributed by atoms with van der Waals surface area (Å²) < 4.78 is 6.13. The van der Waals surface area contributed by atoms with E-state index < -0.39 is 0 Å². The summed E-state index contributed by atoms with van der Waals surface area (Å²) in [6, 6.07) is 11.7. The van der Waals surface area contributed by atoms with Gasteiger partial charge >= 0.3 is 0 Å². The second-order valence-corrected chi connectivity index (χ2v) is 4.80. The Bertz CT molecular complexity index is 691. The van der Waals surface area contributed by atoms with Gasteiger partial charge < -0.3 is 15.4 Å². The van der Waals surface area contributed by atoms with Gasteiger partial charge in [0.05, 0.1) is 12.3 Å². The van der Waals surface area contributed by atoms with Crippen LogP contribution in [0.15, 0.2) is 47.3 Å². The summed E-state index contributed by atoms with van der Waals surface area (Å²) >= 11 is 0. The van der Waals surface area contributed by atoms with E-state index in [0.717, 1.165) is 6.54 Å². The van der Waals surface area contributed by atoms with Crippen molar-refractivity contribution in [2.24, 2.45) is 0 Å². The van der Waals surface area contributed by atoms with Crippen molar-refractivity contribution in [2.75, 3.05) is 33.4 Å². The van der Waals surface area contributed by atoms with Crippen LogP contribution in [0.4, 0.5) is 0 Å². The van der Waals surface area contributed by atoms with Gasteiger partial charge in [-0.15, -0.1) is 12.4 Å². The fraction of sp³-hybridized carbons (Fsp3) is 0.312. The van der Waals surface area contributed by atoms with Crippen molar-refractivity contribution in [2.45, 2.75) is 0 Å². The van der Waals surface area contributed by atoms with E-state index in [4.69, 9.17) is 4.74 Å². The van der Waals surface area contributed by atoms with Crippen molar-refractivity contribution < 1.29 is 9.53 Å². The van der Waals surface area contributed by atoms with Crippen LogP contribution in [0.5, 0.6) is 0 Å². The number of hydrogen-bond acceptors (Lipinski definition) is 5. The van der Waals surface area contributed by atoms with Gasteiger partial charge in [-0.2, -0.15) is 9.78 Å². The molecule has 0 saturated heterocycles. The lowest BCUT2D eigenvalue weighted by Gasteiger charge is -2.08. The number of ether oxygens (including phenoxy) is 1. The highest BCUT2D eigenvalue weighted by Gasteiger charge is 2.09. The highest BCUT2D eigenvalue weighted by Crippen LogP contribution is 2.02. The average Bonchev–Trinajstić information content (AvgIpc) is 2.59. The van der Waals surface area contributed by atoms with E-state index >= 15 is 0 Å². The summed E-state index contributed by atoms with van der Waals surface area (Å²) in [4.78, 5) is 24.0. The molecule has 0 aliphatic heterocycles. The van der Waals surface area contributed by atoms with E-state index in [1.165, 1.54) is 16.8 Å². The molecule has 0 aliphatic carbocycles. The molecule has 0 unspecified atom stereocenters. The van der Waals surface area contributed by atoms with Gasteiger partial charge in [-0.1, -0.05) is 18.2 Å². The number of nitrogens with one attached hydrogen (secondary N) is 2. The lowest BCUT2D eigenvalue weighted by atomic mass is 10.3. The van der Waals surface area contributed by atoms with Gasteiger partial charge in [0, 0.05) is 32.8 Å². The van der Waals surface area contributed by atoms with Crippen molar-refractivity contribution in [1.29, 1.82) is 0 Å². The fourth-order valence-corrected chi connectivity index (χ4v) is 1.94. The number of benzene rings is 1. The zero-order chi connectivity index (χ0) is 16.5. The predicted octanol–water partition coefficient (Wildman–Crippen LogP) is 0.620. The molecule has 0 aliphatic rings. The molecule has 0 spiro atoms. The summed E-state index contributed by atoms with van der Waals surface area (Å²) in [5.41, 5.74) is 0.535. The Morgan fingerprint density at radius 3 is 2.58 bits per heavy atom. The first-order valence-electron chi connectivity index (χ1n) is 7.36. The van der Waals surface area contributed by atoms with Gasteiger partial charge in [0.25, 0.3) is 11.5 Å². The van der Waals surface area contributed by atoms with Crippen molar-refractivity contribution in [1.82, 2.24) is 20.4 Å². The van der Waals surface area contributed by atoms with Crippen LogP contribution in [-0.4, -0.2) is 49.0 Å². The molecule has 1 amide bonds. The lowest BCUT2D eigenvalue weighted by Crippen LogP contribution is -2.34.